The lowest BCUT2D eigenvalue weighted by atomic mass is 10.1. The van der Waals surface area contributed by atoms with Gasteiger partial charge in [0.1, 0.15) is 12.4 Å². The maximum absolute atomic E-state index is 12.5. The first-order chi connectivity index (χ1) is 20.1. The number of carbonyl (C=O) groups excluding carboxylic acids is 1. The first kappa shape index (κ1) is 26.4. The number of carbonyl (C=O) groups is 1. The largest absolute Gasteiger partial charge is 0.462 e. The smallest absolute Gasteiger partial charge is 0.318 e. The van der Waals surface area contributed by atoms with Gasteiger partial charge in [-0.15, -0.1) is 0 Å². The van der Waals surface area contributed by atoms with Crippen molar-refractivity contribution in [3.05, 3.63) is 59.3 Å². The minimum Gasteiger partial charge on any atom is -0.462 e. The number of rotatable bonds is 8. The number of hydrogen-bond donors (Lipinski definition) is 0. The topological polar surface area (TPSA) is 88.8 Å². The van der Waals surface area contributed by atoms with E-state index in [1.54, 1.807) is 4.90 Å². The summed E-state index contributed by atoms with van der Waals surface area (Å²) >= 11 is 0. The van der Waals surface area contributed by atoms with E-state index < -0.39 is 0 Å². The lowest BCUT2D eigenvalue weighted by molar-refractivity contribution is -0.128. The van der Waals surface area contributed by atoms with Crippen LogP contribution in [-0.4, -0.2) is 81.5 Å². The quantitative estimate of drug-likeness (QED) is 0.458. The van der Waals surface area contributed by atoms with Gasteiger partial charge in [0.2, 0.25) is 5.91 Å². The summed E-state index contributed by atoms with van der Waals surface area (Å²) in [6.45, 7) is 8.75. The maximum Gasteiger partial charge on any atom is 0.318 e. The number of nitrogens with zero attached hydrogens (tertiary/aromatic N) is 7. The molecule has 0 radical (unpaired) electrons. The van der Waals surface area contributed by atoms with E-state index >= 15 is 0 Å². The van der Waals surface area contributed by atoms with Gasteiger partial charge in [-0.25, -0.2) is 0 Å². The van der Waals surface area contributed by atoms with E-state index in [9.17, 15) is 10.1 Å². The summed E-state index contributed by atoms with van der Waals surface area (Å²) in [7, 11) is 0. The highest BCUT2D eigenvalue weighted by molar-refractivity contribution is 5.87. The number of hydrogen-bond acceptors (Lipinski definition) is 8. The van der Waals surface area contributed by atoms with Crippen molar-refractivity contribution < 1.29 is 9.53 Å². The predicted octanol–water partition coefficient (Wildman–Crippen LogP) is 3.60. The van der Waals surface area contributed by atoms with Gasteiger partial charge >= 0.3 is 6.01 Å². The van der Waals surface area contributed by atoms with E-state index in [0.29, 0.717) is 44.3 Å². The van der Waals surface area contributed by atoms with Crippen LogP contribution in [0.2, 0.25) is 0 Å². The Morgan fingerprint density at radius 2 is 1.98 bits per heavy atom. The average molecular weight is 554 g/mol. The van der Waals surface area contributed by atoms with E-state index in [0.717, 1.165) is 55.5 Å². The van der Waals surface area contributed by atoms with Crippen LogP contribution in [0.4, 0.5) is 5.82 Å². The number of aromatic nitrogens is 2. The van der Waals surface area contributed by atoms with Gasteiger partial charge in [0, 0.05) is 56.4 Å². The number of amides is 1. The molecule has 0 N–H and O–H groups in total. The number of benzene rings is 1. The Hall–Kier alpha value is -3.48. The summed E-state index contributed by atoms with van der Waals surface area (Å²) in [4.78, 5) is 31.8. The molecule has 0 bridgehead atoms. The normalized spacial score (nSPS) is 26.1. The van der Waals surface area contributed by atoms with Gasteiger partial charge in [-0.05, 0) is 62.3 Å². The third-order valence-electron chi connectivity index (χ3n) is 9.72. The van der Waals surface area contributed by atoms with Gasteiger partial charge in [0.25, 0.3) is 0 Å². The zero-order valence-corrected chi connectivity index (χ0v) is 23.7. The van der Waals surface area contributed by atoms with Crippen molar-refractivity contribution in [2.24, 2.45) is 0 Å². The summed E-state index contributed by atoms with van der Waals surface area (Å²) in [5, 5.41) is 9.53. The molecule has 9 heteroatoms. The van der Waals surface area contributed by atoms with E-state index in [-0.39, 0.29) is 18.4 Å². The minimum absolute atomic E-state index is 0.121. The SMILES string of the molecule is C=CC(=O)N1CCN(c2nc(OC[C@@H]3CCCN3C3CC3)nc3c2CN(C2CCc4ccccc42)C3)C[C@@H]1CC#N. The number of anilines is 1. The van der Waals surface area contributed by atoms with Crippen LogP contribution in [0.3, 0.4) is 0 Å². The molecule has 4 heterocycles. The second kappa shape index (κ2) is 11.1. The zero-order valence-electron chi connectivity index (χ0n) is 23.7. The van der Waals surface area contributed by atoms with E-state index in [2.05, 4.69) is 51.6 Å². The fraction of sp³-hybridized carbons (Fsp3) is 0.562. The lowest BCUT2D eigenvalue weighted by Crippen LogP contribution is -2.55. The Balaban J connectivity index is 1.16. The molecular weight excluding hydrogens is 514 g/mol. The molecule has 1 saturated carbocycles. The molecule has 2 aromatic rings. The van der Waals surface area contributed by atoms with Gasteiger partial charge < -0.3 is 14.5 Å². The number of fused-ring (bicyclic) bond motifs is 2. The van der Waals surface area contributed by atoms with Crippen molar-refractivity contribution >= 4 is 11.7 Å². The molecule has 2 saturated heterocycles. The van der Waals surface area contributed by atoms with Crippen LogP contribution in [-0.2, 0) is 24.3 Å². The van der Waals surface area contributed by atoms with Gasteiger partial charge in [-0.2, -0.15) is 15.2 Å². The van der Waals surface area contributed by atoms with Crippen LogP contribution < -0.4 is 9.64 Å². The Morgan fingerprint density at radius 3 is 2.80 bits per heavy atom. The van der Waals surface area contributed by atoms with Crippen LogP contribution in [0, 0.1) is 11.3 Å². The van der Waals surface area contributed by atoms with Crippen LogP contribution in [0.5, 0.6) is 6.01 Å². The fourth-order valence-corrected chi connectivity index (χ4v) is 7.53. The van der Waals surface area contributed by atoms with Gasteiger partial charge in [-0.1, -0.05) is 30.8 Å². The van der Waals surface area contributed by atoms with Crippen molar-refractivity contribution in [2.45, 2.75) is 82.2 Å². The second-order valence-electron chi connectivity index (χ2n) is 12.2. The number of aryl methyl sites for hydroxylation is 1. The molecule has 5 aliphatic rings. The van der Waals surface area contributed by atoms with Gasteiger partial charge in [-0.3, -0.25) is 14.6 Å². The Bertz CT molecular complexity index is 1370. The lowest BCUT2D eigenvalue weighted by Gasteiger charge is -2.41. The van der Waals surface area contributed by atoms with Crippen molar-refractivity contribution in [2.75, 3.05) is 37.7 Å². The molecule has 1 unspecified atom stereocenters. The zero-order chi connectivity index (χ0) is 27.9. The Morgan fingerprint density at radius 1 is 1.10 bits per heavy atom. The summed E-state index contributed by atoms with van der Waals surface area (Å²) in [6, 6.07) is 12.9. The van der Waals surface area contributed by atoms with Crippen LogP contribution in [0.25, 0.3) is 0 Å². The van der Waals surface area contributed by atoms with Crippen molar-refractivity contribution in [3.8, 4) is 12.1 Å². The third kappa shape index (κ3) is 5.08. The Labute approximate surface area is 242 Å². The summed E-state index contributed by atoms with van der Waals surface area (Å²) < 4.78 is 6.38. The molecule has 1 aromatic heterocycles. The fourth-order valence-electron chi connectivity index (χ4n) is 7.53. The molecular formula is C32H39N7O2. The summed E-state index contributed by atoms with van der Waals surface area (Å²) in [6.07, 6.45) is 8.85. The molecule has 41 heavy (non-hydrogen) atoms. The number of nitriles is 1. The first-order valence-corrected chi connectivity index (χ1v) is 15.3. The number of likely N-dealkylation sites (tertiary alicyclic amines) is 1. The summed E-state index contributed by atoms with van der Waals surface area (Å²) in [5.74, 6) is 0.780. The molecule has 214 valence electrons. The van der Waals surface area contributed by atoms with E-state index in [1.165, 1.54) is 43.0 Å². The van der Waals surface area contributed by atoms with Crippen molar-refractivity contribution in [3.63, 3.8) is 0 Å². The molecule has 0 spiro atoms. The van der Waals surface area contributed by atoms with E-state index in [4.69, 9.17) is 14.7 Å². The molecule has 7 rings (SSSR count). The highest BCUT2D eigenvalue weighted by Gasteiger charge is 2.39. The average Bonchev–Trinajstić information content (AvgIpc) is 3.38. The minimum atomic E-state index is -0.209. The monoisotopic (exact) mass is 553 g/mol. The predicted molar refractivity (Wildman–Crippen MR) is 155 cm³/mol. The van der Waals surface area contributed by atoms with Crippen LogP contribution in [0.15, 0.2) is 36.9 Å². The Kier molecular flexibility index (Phi) is 7.13. The first-order valence-electron chi connectivity index (χ1n) is 15.3. The van der Waals surface area contributed by atoms with E-state index in [1.807, 2.05) is 0 Å². The molecule has 1 aromatic carbocycles. The third-order valence-corrected chi connectivity index (χ3v) is 9.72. The number of piperazine rings is 1. The molecule has 3 aliphatic heterocycles. The standard InChI is InChI=1S/C32H39N7O2/c1-2-30(40)39-17-16-36(18-24(39)13-14-33)31-27-19-37(29-12-9-22-6-3-4-8-26(22)29)20-28(27)34-32(35-31)41-21-25-7-5-15-38(25)23-10-11-23/h2-4,6,8,23-25,29H,1,5,7,9-13,15-21H2/t24-,25-,29?/m0/s1. The molecule has 2 aliphatic carbocycles. The van der Waals surface area contributed by atoms with Gasteiger partial charge in [0.15, 0.2) is 0 Å². The molecule has 3 fully saturated rings. The highest BCUT2D eigenvalue weighted by atomic mass is 16.5. The number of ether oxygens (including phenoxy) is 1. The van der Waals surface area contributed by atoms with Crippen LogP contribution in [0.1, 0.15) is 67.0 Å². The molecule has 1 amide bonds. The second-order valence-corrected chi connectivity index (χ2v) is 12.2. The maximum atomic E-state index is 12.5. The van der Waals surface area contributed by atoms with Crippen molar-refractivity contribution in [1.29, 1.82) is 5.26 Å². The molecule has 3 atom stereocenters. The van der Waals surface area contributed by atoms with Gasteiger partial charge in [0.05, 0.1) is 24.2 Å². The molecule has 9 nitrogen and oxygen atoms in total. The van der Waals surface area contributed by atoms with Crippen LogP contribution >= 0.6 is 0 Å². The summed E-state index contributed by atoms with van der Waals surface area (Å²) in [5.41, 5.74) is 5.07. The van der Waals surface area contributed by atoms with Crippen molar-refractivity contribution in [1.82, 2.24) is 24.7 Å². The highest BCUT2D eigenvalue weighted by Crippen LogP contribution is 2.42.